The lowest BCUT2D eigenvalue weighted by atomic mass is 9.49. The summed E-state index contributed by atoms with van der Waals surface area (Å²) in [6.45, 7) is -0.200. The van der Waals surface area contributed by atoms with Gasteiger partial charge in [-0.3, -0.25) is 14.1 Å². The third-order valence-electron chi connectivity index (χ3n) is 9.26. The molecule has 10 rings (SSSR count). The van der Waals surface area contributed by atoms with Crippen molar-refractivity contribution in [3.8, 4) is 33.6 Å². The monoisotopic (exact) mass is 535 g/mol. The number of fused-ring (bicyclic) bond motifs is 11. The molecule has 2 aromatic heterocycles. The third-order valence-corrected chi connectivity index (χ3v) is 9.26. The highest BCUT2D eigenvalue weighted by molar-refractivity contribution is 6.88. The van der Waals surface area contributed by atoms with Gasteiger partial charge in [-0.2, -0.15) is 0 Å². The van der Waals surface area contributed by atoms with Crippen molar-refractivity contribution in [3.05, 3.63) is 144 Å². The average Bonchev–Trinajstić information content (AvgIpc) is 3.68. The molecule has 2 aliphatic rings. The lowest BCUT2D eigenvalue weighted by molar-refractivity contribution is 0.830. The lowest BCUT2D eigenvalue weighted by Gasteiger charge is -2.23. The van der Waals surface area contributed by atoms with Crippen molar-refractivity contribution in [3.63, 3.8) is 0 Å². The number of hydrogen-bond acceptors (Lipinski definition) is 1. The molecule has 0 radical (unpaired) electrons. The number of aromatic nitrogens is 3. The van der Waals surface area contributed by atoms with Gasteiger partial charge >= 0.3 is 6.85 Å². The molecule has 0 amide bonds. The minimum absolute atomic E-state index is 0.0459. The van der Waals surface area contributed by atoms with E-state index in [0.717, 1.165) is 38.9 Å². The standard InChI is InChI=1S/C37H22BN3O/c42-37-34-26(24-12-5-2-6-13-24)14-9-17-32(34)40-33-21-19-27-28-22-25(23-10-3-1-4-11-23)18-20-30(28)39-31-16-8-7-15-29(31)38(41(37)40)35(33)36(27)39/h1-22H. The molecular formula is C37H22BN3O. The van der Waals surface area contributed by atoms with Crippen LogP contribution in [-0.2, 0) is 0 Å². The molecular weight excluding hydrogens is 513 g/mol. The van der Waals surface area contributed by atoms with Crippen molar-refractivity contribution < 1.29 is 0 Å². The zero-order chi connectivity index (χ0) is 27.5. The van der Waals surface area contributed by atoms with E-state index in [1.165, 1.54) is 38.4 Å². The molecule has 0 N–H and O–H groups in total. The Morgan fingerprint density at radius 2 is 1.31 bits per heavy atom. The molecule has 0 aliphatic carbocycles. The Balaban J connectivity index is 1.34. The quantitative estimate of drug-likeness (QED) is 0.233. The Labute approximate surface area is 241 Å². The summed E-state index contributed by atoms with van der Waals surface area (Å²) < 4.78 is 6.58. The van der Waals surface area contributed by atoms with E-state index >= 15 is 0 Å². The zero-order valence-corrected chi connectivity index (χ0v) is 22.5. The first-order valence-corrected chi connectivity index (χ1v) is 14.4. The number of para-hydroxylation sites is 1. The highest BCUT2D eigenvalue weighted by Gasteiger charge is 2.44. The van der Waals surface area contributed by atoms with Gasteiger partial charge in [0.1, 0.15) is 0 Å². The Kier molecular flexibility index (Phi) is 4.12. The number of rotatable bonds is 2. The zero-order valence-electron chi connectivity index (χ0n) is 22.5. The van der Waals surface area contributed by atoms with Crippen molar-refractivity contribution in [1.29, 1.82) is 0 Å². The van der Waals surface area contributed by atoms with Crippen molar-refractivity contribution >= 4 is 50.5 Å². The van der Waals surface area contributed by atoms with Gasteiger partial charge in [0.2, 0.25) is 0 Å². The third kappa shape index (κ3) is 2.61. The van der Waals surface area contributed by atoms with Crippen LogP contribution in [0.2, 0.25) is 0 Å². The van der Waals surface area contributed by atoms with Gasteiger partial charge in [0.15, 0.2) is 0 Å². The normalized spacial score (nSPS) is 12.8. The van der Waals surface area contributed by atoms with Gasteiger partial charge in [-0.25, -0.2) is 0 Å². The van der Waals surface area contributed by atoms with Crippen LogP contribution in [0.15, 0.2) is 138 Å². The number of benzene rings is 6. The Bertz CT molecular complexity index is 2490. The molecule has 0 bridgehead atoms. The molecule has 0 saturated carbocycles. The second-order valence-corrected chi connectivity index (χ2v) is 11.3. The summed E-state index contributed by atoms with van der Waals surface area (Å²) in [6, 6.07) is 46.9. The maximum Gasteiger partial charge on any atom is 0.357 e. The van der Waals surface area contributed by atoms with Crippen LogP contribution in [0, 0.1) is 0 Å². The largest absolute Gasteiger partial charge is 0.357 e. The highest BCUT2D eigenvalue weighted by atomic mass is 16.1. The molecule has 0 spiro atoms. The van der Waals surface area contributed by atoms with E-state index in [2.05, 4.69) is 125 Å². The summed E-state index contributed by atoms with van der Waals surface area (Å²) in [7, 11) is 0. The van der Waals surface area contributed by atoms with Gasteiger partial charge in [0, 0.05) is 21.9 Å². The van der Waals surface area contributed by atoms with E-state index in [1.54, 1.807) is 0 Å². The molecule has 194 valence electrons. The van der Waals surface area contributed by atoms with Crippen LogP contribution in [0.3, 0.4) is 0 Å². The number of nitrogens with zero attached hydrogens (tertiary/aromatic N) is 3. The lowest BCUT2D eigenvalue weighted by Crippen LogP contribution is -2.53. The predicted octanol–water partition coefficient (Wildman–Crippen LogP) is 6.50. The second kappa shape index (κ2) is 7.80. The fraction of sp³-hybridized carbons (Fsp3) is 0. The first-order valence-electron chi connectivity index (χ1n) is 14.4. The topological polar surface area (TPSA) is 31.9 Å². The van der Waals surface area contributed by atoms with E-state index in [9.17, 15) is 4.79 Å². The molecule has 0 unspecified atom stereocenters. The molecule has 42 heavy (non-hydrogen) atoms. The van der Waals surface area contributed by atoms with Crippen LogP contribution in [0.25, 0.3) is 66.3 Å². The van der Waals surface area contributed by atoms with Gasteiger partial charge in [-0.1, -0.05) is 103 Å². The van der Waals surface area contributed by atoms with Crippen molar-refractivity contribution in [2.24, 2.45) is 0 Å². The summed E-state index contributed by atoms with van der Waals surface area (Å²) in [5, 5.41) is 3.21. The van der Waals surface area contributed by atoms with Gasteiger partial charge in [-0.15, -0.1) is 0 Å². The molecule has 4 nitrogen and oxygen atoms in total. The van der Waals surface area contributed by atoms with Crippen LogP contribution in [0.1, 0.15) is 0 Å². The minimum atomic E-state index is -0.200. The van der Waals surface area contributed by atoms with Gasteiger partial charge in [0.05, 0.1) is 27.6 Å². The van der Waals surface area contributed by atoms with E-state index in [-0.39, 0.29) is 12.4 Å². The summed E-state index contributed by atoms with van der Waals surface area (Å²) >= 11 is 0. The van der Waals surface area contributed by atoms with Crippen molar-refractivity contribution in [2.75, 3.05) is 0 Å². The molecule has 6 aromatic carbocycles. The van der Waals surface area contributed by atoms with Crippen LogP contribution in [0.4, 0.5) is 0 Å². The summed E-state index contributed by atoms with van der Waals surface area (Å²) in [5.74, 6) is 0. The van der Waals surface area contributed by atoms with E-state index in [0.29, 0.717) is 0 Å². The van der Waals surface area contributed by atoms with Crippen LogP contribution in [-0.4, -0.2) is 20.7 Å². The Morgan fingerprint density at radius 3 is 2.14 bits per heavy atom. The van der Waals surface area contributed by atoms with Gasteiger partial charge in [-0.05, 0) is 58.0 Å². The summed E-state index contributed by atoms with van der Waals surface area (Å²) in [6.07, 6.45) is 0. The predicted molar refractivity (Wildman–Crippen MR) is 173 cm³/mol. The first kappa shape index (κ1) is 22.2. The highest BCUT2D eigenvalue weighted by Crippen LogP contribution is 2.39. The smallest absolute Gasteiger partial charge is 0.310 e. The fourth-order valence-electron chi connectivity index (χ4n) is 7.57. The molecule has 0 atom stereocenters. The molecule has 5 heteroatoms. The average molecular weight is 535 g/mol. The molecule has 8 aromatic rings. The van der Waals surface area contributed by atoms with Crippen molar-refractivity contribution in [2.45, 2.75) is 0 Å². The second-order valence-electron chi connectivity index (χ2n) is 11.3. The number of hydrogen-bond donors (Lipinski definition) is 0. The van der Waals surface area contributed by atoms with E-state index < -0.39 is 0 Å². The molecule has 0 saturated heterocycles. The van der Waals surface area contributed by atoms with Crippen LogP contribution >= 0.6 is 0 Å². The van der Waals surface area contributed by atoms with E-state index in [1.807, 2.05) is 22.8 Å². The Morgan fingerprint density at radius 1 is 0.548 bits per heavy atom. The van der Waals surface area contributed by atoms with Crippen LogP contribution in [0.5, 0.6) is 0 Å². The van der Waals surface area contributed by atoms with E-state index in [4.69, 9.17) is 0 Å². The molecule has 0 fully saturated rings. The fourth-order valence-corrected chi connectivity index (χ4v) is 7.57. The summed E-state index contributed by atoms with van der Waals surface area (Å²) in [5.41, 5.74) is 12.4. The SMILES string of the molecule is O=c1c2c(-c3ccccc3)cccc2n2n1B1c3ccccc3-n3c4ccc(-c5ccccc5)cc4c4ccc-2c1c43. The maximum absolute atomic E-state index is 14.5. The van der Waals surface area contributed by atoms with Gasteiger partial charge < -0.3 is 4.57 Å². The minimum Gasteiger partial charge on any atom is -0.310 e. The molecule has 2 aliphatic heterocycles. The Hall–Kier alpha value is -5.55. The van der Waals surface area contributed by atoms with Crippen LogP contribution < -0.4 is 16.5 Å². The van der Waals surface area contributed by atoms with Gasteiger partial charge in [0.25, 0.3) is 5.56 Å². The molecule has 4 heterocycles. The van der Waals surface area contributed by atoms with Crippen molar-refractivity contribution in [1.82, 2.24) is 13.8 Å². The first-order chi connectivity index (χ1) is 20.8. The maximum atomic E-state index is 14.5. The summed E-state index contributed by atoms with van der Waals surface area (Å²) in [4.78, 5) is 14.5.